The summed E-state index contributed by atoms with van der Waals surface area (Å²) in [5.41, 5.74) is 3.20. The lowest BCUT2D eigenvalue weighted by molar-refractivity contribution is -0.118. The Kier molecular flexibility index (Phi) is 5.80. The van der Waals surface area contributed by atoms with Crippen molar-refractivity contribution in [2.24, 2.45) is 0 Å². The molecule has 136 valence electrons. The van der Waals surface area contributed by atoms with Gasteiger partial charge in [-0.1, -0.05) is 12.1 Å². The van der Waals surface area contributed by atoms with Gasteiger partial charge in [-0.3, -0.25) is 13.8 Å². The van der Waals surface area contributed by atoms with Crippen molar-refractivity contribution in [3.05, 3.63) is 59.2 Å². The van der Waals surface area contributed by atoms with Crippen LogP contribution in [0.5, 0.6) is 0 Å². The van der Waals surface area contributed by atoms with Crippen molar-refractivity contribution in [1.29, 1.82) is 0 Å². The number of benzene rings is 2. The van der Waals surface area contributed by atoms with Gasteiger partial charge in [0.2, 0.25) is 5.91 Å². The van der Waals surface area contributed by atoms with Crippen LogP contribution in [-0.4, -0.2) is 28.3 Å². The topological polar surface area (TPSA) is 84.5 Å². The summed E-state index contributed by atoms with van der Waals surface area (Å²) in [7, 11) is -1.46. The van der Waals surface area contributed by atoms with Gasteiger partial charge >= 0.3 is 0 Å². The van der Waals surface area contributed by atoms with E-state index in [-0.39, 0.29) is 17.6 Å². The van der Waals surface area contributed by atoms with Crippen LogP contribution < -0.4 is 10.6 Å². The van der Waals surface area contributed by atoms with Crippen molar-refractivity contribution < 1.29 is 18.5 Å². The number of anilines is 1. The van der Waals surface area contributed by atoms with Crippen molar-refractivity contribution in [1.82, 2.24) is 5.32 Å². The van der Waals surface area contributed by atoms with Crippen LogP contribution in [0.3, 0.4) is 0 Å². The largest absolute Gasteiger partial charge is 0.372 e. The zero-order valence-electron chi connectivity index (χ0n) is 14.4. The summed E-state index contributed by atoms with van der Waals surface area (Å²) in [6.07, 6.45) is 0. The maximum absolute atomic E-state index is 12.5. The fraction of sp³-hybridized carbons (Fsp3) is 0.263. The summed E-state index contributed by atoms with van der Waals surface area (Å²) in [5, 5.41) is 5.43. The summed E-state index contributed by atoms with van der Waals surface area (Å²) in [6.45, 7) is 3.40. The number of fused-ring (bicyclic) bond motifs is 1. The molecule has 6 nitrogen and oxygen atoms in total. The molecule has 0 saturated heterocycles. The molecule has 1 heterocycles. The highest BCUT2D eigenvalue weighted by atomic mass is 32.2. The normalized spacial score (nSPS) is 13.7. The Bertz CT molecular complexity index is 866. The first kappa shape index (κ1) is 18.3. The van der Waals surface area contributed by atoms with Crippen molar-refractivity contribution in [2.45, 2.75) is 25.0 Å². The van der Waals surface area contributed by atoms with E-state index in [1.165, 1.54) is 0 Å². The lowest BCUT2D eigenvalue weighted by Crippen LogP contribution is -2.27. The highest BCUT2D eigenvalue weighted by molar-refractivity contribution is 7.85. The zero-order chi connectivity index (χ0) is 18.5. The van der Waals surface area contributed by atoms with Crippen LogP contribution >= 0.6 is 0 Å². The molecule has 0 spiro atoms. The lowest BCUT2D eigenvalue weighted by Gasteiger charge is -2.09. The van der Waals surface area contributed by atoms with Crippen LogP contribution in [0.15, 0.2) is 47.4 Å². The molecule has 7 heteroatoms. The van der Waals surface area contributed by atoms with Crippen LogP contribution in [0.1, 0.15) is 28.4 Å². The highest BCUT2D eigenvalue weighted by Gasteiger charge is 2.15. The first-order chi connectivity index (χ1) is 12.6. The predicted octanol–water partition coefficient (Wildman–Crippen LogP) is 2.21. The molecule has 0 fully saturated rings. The van der Waals surface area contributed by atoms with Gasteiger partial charge in [0, 0.05) is 22.7 Å². The minimum absolute atomic E-state index is 0.101. The fourth-order valence-electron chi connectivity index (χ4n) is 2.68. The van der Waals surface area contributed by atoms with Crippen molar-refractivity contribution in [2.75, 3.05) is 17.6 Å². The van der Waals surface area contributed by atoms with E-state index in [1.807, 2.05) is 19.1 Å². The minimum atomic E-state index is -1.46. The maximum atomic E-state index is 12.5. The van der Waals surface area contributed by atoms with Gasteiger partial charge in [-0.25, -0.2) is 0 Å². The predicted molar refractivity (Wildman–Crippen MR) is 99.3 cm³/mol. The molecule has 0 aliphatic carbocycles. The van der Waals surface area contributed by atoms with Crippen molar-refractivity contribution in [3.8, 4) is 0 Å². The molecule has 3 rings (SSSR count). The molecule has 1 aliphatic rings. The lowest BCUT2D eigenvalue weighted by atomic mass is 10.1. The van der Waals surface area contributed by atoms with Crippen LogP contribution in [-0.2, 0) is 33.5 Å². The Morgan fingerprint density at radius 3 is 2.73 bits per heavy atom. The molecule has 1 aliphatic heterocycles. The molecular weight excluding hydrogens is 352 g/mol. The molecule has 2 aromatic rings. The number of amides is 2. The highest BCUT2D eigenvalue weighted by Crippen LogP contribution is 2.22. The number of carbonyl (C=O) groups is 2. The average molecular weight is 372 g/mol. The summed E-state index contributed by atoms with van der Waals surface area (Å²) in [4.78, 5) is 24.5. The number of hydrogen-bond donors (Lipinski definition) is 2. The molecular formula is C19H20N2O4S. The molecule has 0 bridgehead atoms. The van der Waals surface area contributed by atoms with Gasteiger partial charge in [-0.05, 0) is 48.4 Å². The minimum Gasteiger partial charge on any atom is -0.372 e. The monoisotopic (exact) mass is 372 g/mol. The Labute approximate surface area is 154 Å². The van der Waals surface area contributed by atoms with Gasteiger partial charge in [0.25, 0.3) is 5.91 Å². The van der Waals surface area contributed by atoms with E-state index in [4.69, 9.17) is 4.74 Å². The number of carbonyl (C=O) groups excluding carboxylic acids is 2. The summed E-state index contributed by atoms with van der Waals surface area (Å²) >= 11 is 0. The van der Waals surface area contributed by atoms with Crippen LogP contribution in [0.2, 0.25) is 0 Å². The Balaban J connectivity index is 1.69. The second-order valence-corrected chi connectivity index (χ2v) is 7.35. The van der Waals surface area contributed by atoms with E-state index in [0.717, 1.165) is 11.1 Å². The summed E-state index contributed by atoms with van der Waals surface area (Å²) < 4.78 is 17.7. The first-order valence-electron chi connectivity index (χ1n) is 8.33. The van der Waals surface area contributed by atoms with E-state index < -0.39 is 10.8 Å². The van der Waals surface area contributed by atoms with Crippen LogP contribution in [0.4, 0.5) is 5.69 Å². The number of nitrogens with one attached hydrogen (secondary N) is 2. The van der Waals surface area contributed by atoms with Gasteiger partial charge in [-0.2, -0.15) is 0 Å². The first-order valence-corrected chi connectivity index (χ1v) is 9.64. The number of rotatable bonds is 6. The summed E-state index contributed by atoms with van der Waals surface area (Å²) in [5.74, 6) is -0.609. The van der Waals surface area contributed by atoms with Gasteiger partial charge in [0.05, 0.1) is 24.0 Å². The SMILES string of the molecule is CCNC(=O)CS(=O)c1cccc(NC(=O)c2ccc3c(c2)COC3)c1. The molecule has 0 saturated carbocycles. The van der Waals surface area contributed by atoms with Crippen LogP contribution in [0, 0.1) is 0 Å². The number of ether oxygens (including phenoxy) is 1. The van der Waals surface area contributed by atoms with Gasteiger partial charge in [-0.15, -0.1) is 0 Å². The third-order valence-corrected chi connectivity index (χ3v) is 5.28. The van der Waals surface area contributed by atoms with Gasteiger partial charge in [0.1, 0.15) is 5.75 Å². The summed E-state index contributed by atoms with van der Waals surface area (Å²) in [6, 6.07) is 12.2. The standard InChI is InChI=1S/C19H20N2O4S/c1-2-20-18(22)12-26(24)17-5-3-4-16(9-17)21-19(23)13-6-7-14-10-25-11-15(14)8-13/h3-9H,2,10-12H2,1H3,(H,20,22)(H,21,23). The quantitative estimate of drug-likeness (QED) is 0.814. The van der Waals surface area contributed by atoms with E-state index in [9.17, 15) is 13.8 Å². The number of hydrogen-bond acceptors (Lipinski definition) is 4. The molecule has 1 unspecified atom stereocenters. The molecule has 2 N–H and O–H groups in total. The third kappa shape index (κ3) is 4.36. The van der Waals surface area contributed by atoms with E-state index in [0.29, 0.717) is 35.9 Å². The second-order valence-electron chi connectivity index (χ2n) is 5.90. The van der Waals surface area contributed by atoms with Crippen molar-refractivity contribution in [3.63, 3.8) is 0 Å². The zero-order valence-corrected chi connectivity index (χ0v) is 15.2. The molecule has 1 atom stereocenters. The third-order valence-electron chi connectivity index (χ3n) is 3.97. The molecule has 0 radical (unpaired) electrons. The molecule has 2 amide bonds. The van der Waals surface area contributed by atoms with Crippen molar-refractivity contribution >= 4 is 28.3 Å². The smallest absolute Gasteiger partial charge is 0.255 e. The maximum Gasteiger partial charge on any atom is 0.255 e. The molecule has 2 aromatic carbocycles. The second kappa shape index (κ2) is 8.25. The van der Waals surface area contributed by atoms with E-state index >= 15 is 0 Å². The van der Waals surface area contributed by atoms with E-state index in [2.05, 4.69) is 10.6 Å². The molecule has 26 heavy (non-hydrogen) atoms. The van der Waals surface area contributed by atoms with E-state index in [1.54, 1.807) is 30.3 Å². The Morgan fingerprint density at radius 1 is 1.12 bits per heavy atom. The van der Waals surface area contributed by atoms with Gasteiger partial charge in [0.15, 0.2) is 0 Å². The molecule has 0 aromatic heterocycles. The van der Waals surface area contributed by atoms with Crippen LogP contribution in [0.25, 0.3) is 0 Å². The fourth-order valence-corrected chi connectivity index (χ4v) is 3.68. The van der Waals surface area contributed by atoms with Gasteiger partial charge < -0.3 is 15.4 Å². The Morgan fingerprint density at radius 2 is 1.92 bits per heavy atom. The Hall–Kier alpha value is -2.51. The average Bonchev–Trinajstić information content (AvgIpc) is 3.09.